The summed E-state index contributed by atoms with van der Waals surface area (Å²) >= 11 is 5.74. The van der Waals surface area contributed by atoms with Crippen LogP contribution >= 0.6 is 11.6 Å². The van der Waals surface area contributed by atoms with Crippen molar-refractivity contribution in [3.8, 4) is 0 Å². The quantitative estimate of drug-likeness (QED) is 0.883. The van der Waals surface area contributed by atoms with Crippen LogP contribution in [-0.2, 0) is 11.3 Å². The zero-order chi connectivity index (χ0) is 13.1. The highest BCUT2D eigenvalue weighted by atomic mass is 35.5. The van der Waals surface area contributed by atoms with Gasteiger partial charge in [-0.1, -0.05) is 23.7 Å². The zero-order valence-corrected chi connectivity index (χ0v) is 10.8. The number of benzene rings is 1. The Hall–Kier alpha value is -1.29. The number of halogens is 2. The molecule has 0 spiro atoms. The summed E-state index contributed by atoms with van der Waals surface area (Å²) < 4.78 is 18.1. The highest BCUT2D eigenvalue weighted by Gasteiger charge is 2.16. The summed E-state index contributed by atoms with van der Waals surface area (Å²) in [5, 5.41) is 2.53. The van der Waals surface area contributed by atoms with Gasteiger partial charge in [-0.15, -0.1) is 0 Å². The Morgan fingerprint density at radius 1 is 1.47 bits per heavy atom. The van der Waals surface area contributed by atoms with Crippen molar-refractivity contribution < 1.29 is 13.9 Å². The van der Waals surface area contributed by atoms with Crippen LogP contribution in [0.15, 0.2) is 18.2 Å². The third kappa shape index (κ3) is 4.61. The van der Waals surface area contributed by atoms with Crippen molar-refractivity contribution in [2.24, 2.45) is 0 Å². The predicted octanol–water partition coefficient (Wildman–Crippen LogP) is 3.50. The Labute approximate surface area is 105 Å². The normalized spacial score (nSPS) is 11.1. The third-order valence-corrected chi connectivity index (χ3v) is 2.28. The van der Waals surface area contributed by atoms with Crippen molar-refractivity contribution in [1.82, 2.24) is 5.32 Å². The lowest BCUT2D eigenvalue weighted by molar-refractivity contribution is 0.0523. The van der Waals surface area contributed by atoms with Crippen LogP contribution in [0.2, 0.25) is 5.02 Å². The largest absolute Gasteiger partial charge is 0.444 e. The number of alkyl carbamates (subject to hydrolysis) is 1. The summed E-state index contributed by atoms with van der Waals surface area (Å²) in [4.78, 5) is 11.4. The number of ether oxygens (including phenoxy) is 1. The Morgan fingerprint density at radius 2 is 2.12 bits per heavy atom. The third-order valence-electron chi connectivity index (χ3n) is 1.85. The van der Waals surface area contributed by atoms with E-state index < -0.39 is 17.5 Å². The van der Waals surface area contributed by atoms with Gasteiger partial charge >= 0.3 is 6.09 Å². The molecule has 0 atom stereocenters. The summed E-state index contributed by atoms with van der Waals surface area (Å²) in [6.07, 6.45) is -0.558. The van der Waals surface area contributed by atoms with E-state index in [1.165, 1.54) is 12.1 Å². The zero-order valence-electron chi connectivity index (χ0n) is 10.0. The second-order valence-electron chi connectivity index (χ2n) is 4.57. The van der Waals surface area contributed by atoms with E-state index in [0.29, 0.717) is 5.56 Å². The molecule has 0 aliphatic heterocycles. The smallest absolute Gasteiger partial charge is 0.407 e. The molecule has 0 saturated heterocycles. The molecule has 1 aromatic carbocycles. The van der Waals surface area contributed by atoms with Gasteiger partial charge in [0.15, 0.2) is 0 Å². The summed E-state index contributed by atoms with van der Waals surface area (Å²) in [5.74, 6) is -0.504. The molecule has 94 valence electrons. The second kappa shape index (κ2) is 5.36. The van der Waals surface area contributed by atoms with E-state index in [-0.39, 0.29) is 11.6 Å². The van der Waals surface area contributed by atoms with Crippen molar-refractivity contribution in [2.45, 2.75) is 32.9 Å². The highest BCUT2D eigenvalue weighted by Crippen LogP contribution is 2.19. The first-order chi connectivity index (χ1) is 7.79. The molecule has 1 rings (SSSR count). The van der Waals surface area contributed by atoms with E-state index in [1.54, 1.807) is 26.8 Å². The Balaban J connectivity index is 2.56. The van der Waals surface area contributed by atoms with Gasteiger partial charge in [-0.3, -0.25) is 0 Å². The molecule has 1 N–H and O–H groups in total. The lowest BCUT2D eigenvalue weighted by atomic mass is 10.2. The van der Waals surface area contributed by atoms with Crippen molar-refractivity contribution in [3.63, 3.8) is 0 Å². The molecular weight excluding hydrogens is 245 g/mol. The fourth-order valence-corrected chi connectivity index (χ4v) is 1.36. The molecule has 0 fully saturated rings. The molecule has 17 heavy (non-hydrogen) atoms. The van der Waals surface area contributed by atoms with E-state index in [0.717, 1.165) is 0 Å². The highest BCUT2D eigenvalue weighted by molar-refractivity contribution is 6.31. The van der Waals surface area contributed by atoms with Gasteiger partial charge < -0.3 is 10.1 Å². The van der Waals surface area contributed by atoms with E-state index in [1.807, 2.05) is 0 Å². The van der Waals surface area contributed by atoms with Crippen LogP contribution in [0.3, 0.4) is 0 Å². The Morgan fingerprint density at radius 3 is 2.71 bits per heavy atom. The fraction of sp³-hybridized carbons (Fsp3) is 0.417. The Kier molecular flexibility index (Phi) is 4.34. The van der Waals surface area contributed by atoms with Gasteiger partial charge in [-0.2, -0.15) is 0 Å². The molecule has 1 amide bonds. The maximum Gasteiger partial charge on any atom is 0.407 e. The molecular formula is C12H15ClFNO2. The molecule has 0 radical (unpaired) electrons. The van der Waals surface area contributed by atoms with E-state index in [2.05, 4.69) is 5.32 Å². The summed E-state index contributed by atoms with van der Waals surface area (Å²) in [6, 6.07) is 4.44. The van der Waals surface area contributed by atoms with E-state index in [9.17, 15) is 9.18 Å². The molecule has 3 nitrogen and oxygen atoms in total. The Bertz CT molecular complexity index is 415. The van der Waals surface area contributed by atoms with Gasteiger partial charge in [-0.05, 0) is 32.4 Å². The average molecular weight is 260 g/mol. The minimum absolute atomic E-state index is 0.0172. The molecule has 0 bridgehead atoms. The van der Waals surface area contributed by atoms with Crippen LogP contribution < -0.4 is 5.32 Å². The first-order valence-corrected chi connectivity index (χ1v) is 5.57. The van der Waals surface area contributed by atoms with Gasteiger partial charge in [0, 0.05) is 6.54 Å². The molecule has 0 saturated carbocycles. The van der Waals surface area contributed by atoms with Gasteiger partial charge in [0.2, 0.25) is 0 Å². The van der Waals surface area contributed by atoms with Crippen molar-refractivity contribution >= 4 is 17.7 Å². The topological polar surface area (TPSA) is 38.3 Å². The van der Waals surface area contributed by atoms with Gasteiger partial charge in [0.1, 0.15) is 11.4 Å². The number of nitrogens with one attached hydrogen (secondary N) is 1. The van der Waals surface area contributed by atoms with Crippen LogP contribution in [0.5, 0.6) is 0 Å². The minimum Gasteiger partial charge on any atom is -0.444 e. The minimum atomic E-state index is -0.560. The SMILES string of the molecule is CC(C)(C)OC(=O)NCc1cccc(F)c1Cl. The molecule has 0 aliphatic carbocycles. The first kappa shape index (κ1) is 13.8. The van der Waals surface area contributed by atoms with Crippen molar-refractivity contribution in [3.05, 3.63) is 34.6 Å². The number of hydrogen-bond donors (Lipinski definition) is 1. The van der Waals surface area contributed by atoms with Crippen LogP contribution in [0.1, 0.15) is 26.3 Å². The molecule has 0 heterocycles. The molecule has 5 heteroatoms. The standard InChI is InChI=1S/C12H15ClFNO2/c1-12(2,3)17-11(16)15-7-8-5-4-6-9(14)10(8)13/h4-6H,7H2,1-3H3,(H,15,16). The fourth-order valence-electron chi connectivity index (χ4n) is 1.17. The number of rotatable bonds is 2. The number of carbonyl (C=O) groups excluding carboxylic acids is 1. The van der Waals surface area contributed by atoms with Crippen LogP contribution in [0, 0.1) is 5.82 Å². The number of amides is 1. The van der Waals surface area contributed by atoms with Crippen LogP contribution in [0.25, 0.3) is 0 Å². The summed E-state index contributed by atoms with van der Waals surface area (Å²) in [5.41, 5.74) is -0.0481. The molecule has 0 aromatic heterocycles. The maximum atomic E-state index is 13.1. The summed E-state index contributed by atoms with van der Waals surface area (Å²) in [6.45, 7) is 5.43. The van der Waals surface area contributed by atoms with Gasteiger partial charge in [0.05, 0.1) is 5.02 Å². The summed E-state index contributed by atoms with van der Waals surface area (Å²) in [7, 11) is 0. The number of hydrogen-bond acceptors (Lipinski definition) is 2. The van der Waals surface area contributed by atoms with Gasteiger partial charge in [0.25, 0.3) is 0 Å². The van der Waals surface area contributed by atoms with Gasteiger partial charge in [-0.25, -0.2) is 9.18 Å². The molecule has 1 aromatic rings. The van der Waals surface area contributed by atoms with Crippen LogP contribution in [0.4, 0.5) is 9.18 Å². The predicted molar refractivity (Wildman–Crippen MR) is 64.5 cm³/mol. The average Bonchev–Trinajstić information content (AvgIpc) is 2.18. The number of carbonyl (C=O) groups is 1. The second-order valence-corrected chi connectivity index (χ2v) is 4.95. The molecule has 0 aliphatic rings. The molecule has 0 unspecified atom stereocenters. The first-order valence-electron chi connectivity index (χ1n) is 5.19. The lowest BCUT2D eigenvalue weighted by Gasteiger charge is -2.19. The van der Waals surface area contributed by atoms with Crippen LogP contribution in [-0.4, -0.2) is 11.7 Å². The van der Waals surface area contributed by atoms with Crippen molar-refractivity contribution in [2.75, 3.05) is 0 Å². The monoisotopic (exact) mass is 259 g/mol. The van der Waals surface area contributed by atoms with E-state index in [4.69, 9.17) is 16.3 Å². The maximum absolute atomic E-state index is 13.1. The van der Waals surface area contributed by atoms with Crippen molar-refractivity contribution in [1.29, 1.82) is 0 Å². The van der Waals surface area contributed by atoms with E-state index >= 15 is 0 Å². The lowest BCUT2D eigenvalue weighted by Crippen LogP contribution is -2.32.